The number of aliphatic hydroxyl groups is 1. The third-order valence-corrected chi connectivity index (χ3v) is 2.45. The lowest BCUT2D eigenvalue weighted by atomic mass is 10.1. The minimum atomic E-state index is -0.764. The molecule has 0 aliphatic rings. The van der Waals surface area contributed by atoms with Crippen LogP contribution in [0.5, 0.6) is 0 Å². The first-order valence-electron chi connectivity index (χ1n) is 5.18. The van der Waals surface area contributed by atoms with E-state index in [2.05, 4.69) is 0 Å². The molecular formula is C12H12F2O2. The first kappa shape index (κ1) is 11.1. The van der Waals surface area contributed by atoms with Crippen molar-refractivity contribution in [3.8, 4) is 0 Å². The fourth-order valence-corrected chi connectivity index (χ4v) is 1.68. The number of fused-ring (bicyclic) bond motifs is 1. The molecule has 1 atom stereocenters. The number of rotatable bonds is 3. The number of halogens is 2. The van der Waals surface area contributed by atoms with Gasteiger partial charge in [-0.05, 0) is 18.6 Å². The molecule has 0 saturated heterocycles. The van der Waals surface area contributed by atoms with Gasteiger partial charge in [0, 0.05) is 11.5 Å². The van der Waals surface area contributed by atoms with Crippen LogP contribution in [0.4, 0.5) is 8.78 Å². The summed E-state index contributed by atoms with van der Waals surface area (Å²) < 4.78 is 31.4. The Morgan fingerprint density at radius 1 is 1.31 bits per heavy atom. The van der Waals surface area contributed by atoms with Crippen LogP contribution in [0.25, 0.3) is 11.0 Å². The smallest absolute Gasteiger partial charge is 0.170 e. The van der Waals surface area contributed by atoms with Gasteiger partial charge in [0.15, 0.2) is 11.4 Å². The summed E-state index contributed by atoms with van der Waals surface area (Å²) in [4.78, 5) is 0. The van der Waals surface area contributed by atoms with Gasteiger partial charge in [-0.2, -0.15) is 0 Å². The number of hydrogen-bond donors (Lipinski definition) is 1. The molecule has 1 N–H and O–H groups in total. The summed E-state index contributed by atoms with van der Waals surface area (Å²) in [6, 6.07) is 3.42. The van der Waals surface area contributed by atoms with Crippen LogP contribution in [0.15, 0.2) is 22.6 Å². The van der Waals surface area contributed by atoms with Crippen LogP contribution < -0.4 is 0 Å². The van der Waals surface area contributed by atoms with E-state index in [1.165, 1.54) is 12.1 Å². The van der Waals surface area contributed by atoms with Crippen molar-refractivity contribution in [3.05, 3.63) is 35.6 Å². The minimum Gasteiger partial charge on any atom is -0.455 e. The van der Waals surface area contributed by atoms with Crippen LogP contribution in [0.2, 0.25) is 0 Å². The predicted molar refractivity (Wildman–Crippen MR) is 56.0 cm³/mol. The van der Waals surface area contributed by atoms with Crippen LogP contribution in [0, 0.1) is 11.6 Å². The second kappa shape index (κ2) is 4.22. The van der Waals surface area contributed by atoms with E-state index in [9.17, 15) is 13.9 Å². The van der Waals surface area contributed by atoms with Crippen LogP contribution >= 0.6 is 0 Å². The molecule has 0 amide bonds. The van der Waals surface area contributed by atoms with Gasteiger partial charge in [-0.25, -0.2) is 8.78 Å². The molecule has 0 fully saturated rings. The molecule has 86 valence electrons. The van der Waals surface area contributed by atoms with Crippen molar-refractivity contribution < 1.29 is 18.3 Å². The summed E-state index contributed by atoms with van der Waals surface area (Å²) in [5.41, 5.74) is -0.00782. The predicted octanol–water partition coefficient (Wildman–Crippen LogP) is 3.54. The standard InChI is InChI=1S/C12H12F2O2/c1-2-3-10(15)11-5-7-4-8(13)6-9(14)12(7)16-11/h4-6,10,15H,2-3H2,1H3. The number of aliphatic hydroxyl groups excluding tert-OH is 1. The highest BCUT2D eigenvalue weighted by atomic mass is 19.1. The normalized spacial score (nSPS) is 13.2. The van der Waals surface area contributed by atoms with E-state index in [1.807, 2.05) is 6.92 Å². The fraction of sp³-hybridized carbons (Fsp3) is 0.333. The molecule has 4 heteroatoms. The summed E-state index contributed by atoms with van der Waals surface area (Å²) in [6.45, 7) is 1.92. The van der Waals surface area contributed by atoms with E-state index in [0.717, 1.165) is 12.5 Å². The maximum atomic E-state index is 13.3. The highest BCUT2D eigenvalue weighted by Gasteiger charge is 2.15. The van der Waals surface area contributed by atoms with E-state index in [0.29, 0.717) is 11.8 Å². The number of furan rings is 1. The quantitative estimate of drug-likeness (QED) is 0.868. The lowest BCUT2D eigenvalue weighted by Crippen LogP contribution is -1.93. The number of benzene rings is 1. The van der Waals surface area contributed by atoms with Crippen LogP contribution in [0.1, 0.15) is 31.6 Å². The summed E-state index contributed by atoms with van der Waals surface area (Å²) in [5, 5.41) is 10.0. The zero-order chi connectivity index (χ0) is 11.7. The van der Waals surface area contributed by atoms with Gasteiger partial charge < -0.3 is 9.52 Å². The van der Waals surface area contributed by atoms with Crippen molar-refractivity contribution >= 4 is 11.0 Å². The maximum Gasteiger partial charge on any atom is 0.170 e. The second-order valence-electron chi connectivity index (χ2n) is 3.76. The van der Waals surface area contributed by atoms with Crippen LogP contribution in [-0.4, -0.2) is 5.11 Å². The van der Waals surface area contributed by atoms with Crippen molar-refractivity contribution in [2.24, 2.45) is 0 Å². The molecule has 2 rings (SSSR count). The highest BCUT2D eigenvalue weighted by molar-refractivity contribution is 5.78. The molecule has 1 aromatic heterocycles. The molecule has 0 saturated carbocycles. The van der Waals surface area contributed by atoms with E-state index in [1.54, 1.807) is 0 Å². The van der Waals surface area contributed by atoms with Crippen LogP contribution in [0.3, 0.4) is 0 Å². The Bertz CT molecular complexity index is 505. The third kappa shape index (κ3) is 1.93. The second-order valence-corrected chi connectivity index (χ2v) is 3.76. The van der Waals surface area contributed by atoms with Crippen molar-refractivity contribution in [1.82, 2.24) is 0 Å². The first-order chi connectivity index (χ1) is 7.61. The van der Waals surface area contributed by atoms with Gasteiger partial charge in [0.1, 0.15) is 17.7 Å². The zero-order valence-corrected chi connectivity index (χ0v) is 8.84. The molecule has 0 radical (unpaired) electrons. The van der Waals surface area contributed by atoms with Gasteiger partial charge in [0.2, 0.25) is 0 Å². The van der Waals surface area contributed by atoms with Gasteiger partial charge >= 0.3 is 0 Å². The average Bonchev–Trinajstić information content (AvgIpc) is 2.62. The van der Waals surface area contributed by atoms with Gasteiger partial charge in [0.25, 0.3) is 0 Å². The number of hydrogen-bond acceptors (Lipinski definition) is 2. The highest BCUT2D eigenvalue weighted by Crippen LogP contribution is 2.28. The van der Waals surface area contributed by atoms with Gasteiger partial charge in [-0.1, -0.05) is 13.3 Å². The topological polar surface area (TPSA) is 33.4 Å². The lowest BCUT2D eigenvalue weighted by Gasteiger charge is -2.03. The monoisotopic (exact) mass is 226 g/mol. The van der Waals surface area contributed by atoms with E-state index < -0.39 is 17.7 Å². The SMILES string of the molecule is CCCC(O)c1cc2cc(F)cc(F)c2o1. The molecule has 16 heavy (non-hydrogen) atoms. The molecule has 1 unspecified atom stereocenters. The molecular weight excluding hydrogens is 214 g/mol. The minimum absolute atomic E-state index is 0.00782. The Morgan fingerprint density at radius 2 is 2.06 bits per heavy atom. The van der Waals surface area contributed by atoms with Gasteiger partial charge in [0.05, 0.1) is 0 Å². The molecule has 0 bridgehead atoms. The largest absolute Gasteiger partial charge is 0.455 e. The maximum absolute atomic E-state index is 13.3. The Kier molecular flexibility index (Phi) is 2.92. The third-order valence-electron chi connectivity index (χ3n) is 2.45. The Balaban J connectivity index is 2.47. The van der Waals surface area contributed by atoms with E-state index in [-0.39, 0.29) is 11.3 Å². The molecule has 2 nitrogen and oxygen atoms in total. The molecule has 2 aromatic rings. The van der Waals surface area contributed by atoms with E-state index >= 15 is 0 Å². The first-order valence-corrected chi connectivity index (χ1v) is 5.18. The van der Waals surface area contributed by atoms with Gasteiger partial charge in [-0.3, -0.25) is 0 Å². The average molecular weight is 226 g/mol. The Morgan fingerprint density at radius 3 is 2.75 bits per heavy atom. The lowest BCUT2D eigenvalue weighted by molar-refractivity contribution is 0.141. The summed E-state index contributed by atoms with van der Waals surface area (Å²) >= 11 is 0. The molecule has 0 spiro atoms. The fourth-order valence-electron chi connectivity index (χ4n) is 1.68. The molecule has 1 aromatic carbocycles. The van der Waals surface area contributed by atoms with Gasteiger partial charge in [-0.15, -0.1) is 0 Å². The summed E-state index contributed by atoms with van der Waals surface area (Å²) in [7, 11) is 0. The zero-order valence-electron chi connectivity index (χ0n) is 8.84. The van der Waals surface area contributed by atoms with Crippen LogP contribution in [-0.2, 0) is 0 Å². The molecule has 0 aliphatic carbocycles. The Labute approximate surface area is 91.5 Å². The van der Waals surface area contributed by atoms with Crippen molar-refractivity contribution in [1.29, 1.82) is 0 Å². The van der Waals surface area contributed by atoms with Crippen molar-refractivity contribution in [2.75, 3.05) is 0 Å². The summed E-state index contributed by atoms with van der Waals surface area (Å²) in [5.74, 6) is -1.12. The Hall–Kier alpha value is -1.42. The molecule has 1 heterocycles. The molecule has 0 aliphatic heterocycles. The van der Waals surface area contributed by atoms with E-state index in [4.69, 9.17) is 4.42 Å². The van der Waals surface area contributed by atoms with Crippen molar-refractivity contribution in [2.45, 2.75) is 25.9 Å². The van der Waals surface area contributed by atoms with Crippen molar-refractivity contribution in [3.63, 3.8) is 0 Å². The summed E-state index contributed by atoms with van der Waals surface area (Å²) in [6.07, 6.45) is 0.554.